The average Bonchev–Trinajstić information content (AvgIpc) is 2.88. The number of nitrogens with one attached hydrogen (secondary N) is 3. The predicted octanol–water partition coefficient (Wildman–Crippen LogP) is 3.86. The number of aromatic hydroxyl groups is 1. The monoisotopic (exact) mass is 486 g/mol. The first kappa shape index (κ1) is 25.7. The lowest BCUT2D eigenvalue weighted by Crippen LogP contribution is -2.33. The van der Waals surface area contributed by atoms with Crippen LogP contribution in [0.5, 0.6) is 11.5 Å². The van der Waals surface area contributed by atoms with Gasteiger partial charge in [-0.1, -0.05) is 30.3 Å². The molecule has 3 aromatic carbocycles. The summed E-state index contributed by atoms with van der Waals surface area (Å²) in [7, 11) is 0. The number of ether oxygens (including phenoxy) is 1. The van der Waals surface area contributed by atoms with Gasteiger partial charge in [-0.3, -0.25) is 14.4 Å². The quantitative estimate of drug-likeness (QED) is 0.158. The minimum absolute atomic E-state index is 0.00678. The number of amides is 3. The number of hydrazone groups is 1. The average molecular weight is 487 g/mol. The summed E-state index contributed by atoms with van der Waals surface area (Å²) in [5, 5.41) is 19.1. The van der Waals surface area contributed by atoms with E-state index in [0.717, 1.165) is 0 Å². The molecule has 9 nitrogen and oxygen atoms in total. The first-order chi connectivity index (χ1) is 17.4. The molecule has 0 heterocycles. The molecule has 0 aliphatic rings. The molecular weight excluding hydrogens is 460 g/mol. The van der Waals surface area contributed by atoms with E-state index in [1.54, 1.807) is 60.7 Å². The van der Waals surface area contributed by atoms with Crippen LogP contribution >= 0.6 is 0 Å². The molecule has 9 heteroatoms. The Morgan fingerprint density at radius 3 is 2.44 bits per heavy atom. The summed E-state index contributed by atoms with van der Waals surface area (Å²) in [6.45, 7) is 6.04. The highest BCUT2D eigenvalue weighted by atomic mass is 16.5. The lowest BCUT2D eigenvalue weighted by atomic mass is 10.1. The van der Waals surface area contributed by atoms with Gasteiger partial charge in [0.15, 0.2) is 0 Å². The molecule has 0 spiro atoms. The van der Waals surface area contributed by atoms with Crippen LogP contribution in [-0.2, 0) is 16.0 Å². The minimum atomic E-state index is -1.05. The van der Waals surface area contributed by atoms with E-state index in [1.807, 2.05) is 6.92 Å². The number of benzene rings is 3. The van der Waals surface area contributed by atoms with Crippen LogP contribution in [0.4, 0.5) is 11.4 Å². The molecule has 0 saturated heterocycles. The van der Waals surface area contributed by atoms with E-state index < -0.39 is 17.7 Å². The maximum absolute atomic E-state index is 12.8. The summed E-state index contributed by atoms with van der Waals surface area (Å²) >= 11 is 0. The molecule has 0 aliphatic heterocycles. The van der Waals surface area contributed by atoms with E-state index in [2.05, 4.69) is 27.7 Å². The zero-order chi connectivity index (χ0) is 25.9. The van der Waals surface area contributed by atoms with Gasteiger partial charge in [0.2, 0.25) is 0 Å². The largest absolute Gasteiger partial charge is 0.507 e. The Bertz CT molecular complexity index is 1290. The molecule has 0 fully saturated rings. The van der Waals surface area contributed by atoms with Crippen LogP contribution in [0, 0.1) is 0 Å². The molecule has 0 radical (unpaired) electrons. The van der Waals surface area contributed by atoms with Crippen molar-refractivity contribution in [2.45, 2.75) is 13.3 Å². The fourth-order valence-corrected chi connectivity index (χ4v) is 3.22. The van der Waals surface area contributed by atoms with Crippen LogP contribution in [0.2, 0.25) is 0 Å². The Labute approximate surface area is 208 Å². The topological polar surface area (TPSA) is 129 Å². The van der Waals surface area contributed by atoms with Crippen molar-refractivity contribution in [1.82, 2.24) is 5.43 Å². The molecule has 0 aliphatic carbocycles. The standard InChI is InChI=1S/C27H26N4O5/c1-3-8-18-9-7-10-19(24(18)32)17-28-31-27(35)26(34)30-23-12-6-5-11-22(23)25(33)29-20-13-15-21(16-14-20)36-4-2/h3,5-7,9-17,32H,1,4,8H2,2H3,(H,29,33)(H,30,34)(H,31,35)/b28-17-. The number of carbonyl (C=O) groups is 3. The van der Waals surface area contributed by atoms with Crippen LogP contribution in [0.3, 0.4) is 0 Å². The van der Waals surface area contributed by atoms with Gasteiger partial charge in [-0.25, -0.2) is 5.43 Å². The summed E-state index contributed by atoms with van der Waals surface area (Å²) in [5.41, 5.74) is 3.99. The Hall–Kier alpha value is -4.92. The van der Waals surface area contributed by atoms with Crippen LogP contribution in [-0.4, -0.2) is 35.6 Å². The number of allylic oxidation sites excluding steroid dienone is 1. The fraction of sp³-hybridized carbons (Fsp3) is 0.111. The second-order valence-electron chi connectivity index (χ2n) is 7.46. The van der Waals surface area contributed by atoms with Gasteiger partial charge in [0.05, 0.1) is 24.1 Å². The zero-order valence-electron chi connectivity index (χ0n) is 19.7. The highest BCUT2D eigenvalue weighted by Gasteiger charge is 2.18. The number of phenolic OH excluding ortho intramolecular Hbond substituents is 1. The van der Waals surface area contributed by atoms with Crippen LogP contribution in [0.1, 0.15) is 28.4 Å². The Morgan fingerprint density at radius 1 is 0.972 bits per heavy atom. The molecule has 3 rings (SSSR count). The summed E-state index contributed by atoms with van der Waals surface area (Å²) in [4.78, 5) is 37.4. The fourth-order valence-electron chi connectivity index (χ4n) is 3.22. The first-order valence-electron chi connectivity index (χ1n) is 11.1. The van der Waals surface area contributed by atoms with Crippen LogP contribution < -0.4 is 20.8 Å². The number of nitrogens with zero attached hydrogens (tertiary/aromatic N) is 1. The predicted molar refractivity (Wildman–Crippen MR) is 138 cm³/mol. The molecule has 0 aromatic heterocycles. The lowest BCUT2D eigenvalue weighted by Gasteiger charge is -2.11. The third-order valence-corrected chi connectivity index (χ3v) is 4.93. The van der Waals surface area contributed by atoms with Crippen LogP contribution in [0.15, 0.2) is 84.5 Å². The third-order valence-electron chi connectivity index (χ3n) is 4.93. The van der Waals surface area contributed by atoms with Crippen molar-refractivity contribution in [2.75, 3.05) is 17.2 Å². The van der Waals surface area contributed by atoms with Crippen molar-refractivity contribution in [2.24, 2.45) is 5.10 Å². The van der Waals surface area contributed by atoms with Gasteiger partial charge < -0.3 is 20.5 Å². The molecule has 4 N–H and O–H groups in total. The normalized spacial score (nSPS) is 10.5. The number of anilines is 2. The van der Waals surface area contributed by atoms with Crippen molar-refractivity contribution in [3.8, 4) is 11.5 Å². The summed E-state index contributed by atoms with van der Waals surface area (Å²) in [6.07, 6.45) is 3.34. The number of para-hydroxylation sites is 2. The first-order valence-corrected chi connectivity index (χ1v) is 11.1. The number of phenols is 1. The van der Waals surface area contributed by atoms with Gasteiger partial charge in [-0.2, -0.15) is 5.10 Å². The maximum Gasteiger partial charge on any atom is 0.329 e. The summed E-state index contributed by atoms with van der Waals surface area (Å²) in [5.74, 6) is -1.85. The molecule has 0 bridgehead atoms. The maximum atomic E-state index is 12.8. The molecule has 184 valence electrons. The van der Waals surface area contributed by atoms with Gasteiger partial charge in [0, 0.05) is 11.3 Å². The lowest BCUT2D eigenvalue weighted by molar-refractivity contribution is -0.136. The number of rotatable bonds is 9. The number of hydrogen-bond donors (Lipinski definition) is 4. The van der Waals surface area contributed by atoms with E-state index in [1.165, 1.54) is 18.3 Å². The molecule has 36 heavy (non-hydrogen) atoms. The Balaban J connectivity index is 1.63. The highest BCUT2D eigenvalue weighted by molar-refractivity contribution is 6.40. The zero-order valence-corrected chi connectivity index (χ0v) is 19.7. The highest BCUT2D eigenvalue weighted by Crippen LogP contribution is 2.22. The minimum Gasteiger partial charge on any atom is -0.507 e. The number of hydrogen-bond acceptors (Lipinski definition) is 6. The van der Waals surface area contributed by atoms with Gasteiger partial charge >= 0.3 is 11.8 Å². The van der Waals surface area contributed by atoms with E-state index in [0.29, 0.717) is 35.6 Å². The SMILES string of the molecule is C=CCc1cccc(/C=N\NC(=O)C(=O)Nc2ccccc2C(=O)Nc2ccc(OCC)cc2)c1O. The molecular formula is C27H26N4O5. The molecule has 0 unspecified atom stereocenters. The Morgan fingerprint density at radius 2 is 1.72 bits per heavy atom. The summed E-state index contributed by atoms with van der Waals surface area (Å²) < 4.78 is 5.39. The number of carbonyl (C=O) groups excluding carboxylic acids is 3. The van der Waals surface area contributed by atoms with Crippen LogP contribution in [0.25, 0.3) is 0 Å². The molecule has 0 saturated carbocycles. The van der Waals surface area contributed by atoms with Crippen molar-refractivity contribution in [1.29, 1.82) is 0 Å². The smallest absolute Gasteiger partial charge is 0.329 e. The van der Waals surface area contributed by atoms with E-state index in [-0.39, 0.29) is 17.0 Å². The van der Waals surface area contributed by atoms with Gasteiger partial charge in [0.1, 0.15) is 11.5 Å². The second-order valence-corrected chi connectivity index (χ2v) is 7.46. The van der Waals surface area contributed by atoms with Crippen molar-refractivity contribution in [3.63, 3.8) is 0 Å². The van der Waals surface area contributed by atoms with Gasteiger partial charge in [-0.15, -0.1) is 6.58 Å². The van der Waals surface area contributed by atoms with E-state index >= 15 is 0 Å². The van der Waals surface area contributed by atoms with Crippen molar-refractivity contribution >= 4 is 35.3 Å². The molecule has 3 aromatic rings. The Kier molecular flexibility index (Phi) is 8.94. The van der Waals surface area contributed by atoms with Crippen molar-refractivity contribution < 1.29 is 24.2 Å². The van der Waals surface area contributed by atoms with E-state index in [4.69, 9.17) is 4.74 Å². The van der Waals surface area contributed by atoms with E-state index in [9.17, 15) is 19.5 Å². The molecule has 3 amide bonds. The third kappa shape index (κ3) is 6.80. The van der Waals surface area contributed by atoms with Crippen molar-refractivity contribution in [3.05, 3.63) is 96.1 Å². The summed E-state index contributed by atoms with van der Waals surface area (Å²) in [6, 6.07) is 18.2. The second kappa shape index (κ2) is 12.5. The molecule has 0 atom stereocenters. The van der Waals surface area contributed by atoms with Gasteiger partial charge in [-0.05, 0) is 61.4 Å². The van der Waals surface area contributed by atoms with Gasteiger partial charge in [0.25, 0.3) is 5.91 Å².